The van der Waals surface area contributed by atoms with Crippen LogP contribution in [0.25, 0.3) is 6.08 Å². The summed E-state index contributed by atoms with van der Waals surface area (Å²) in [6.07, 6.45) is 2.79. The normalized spacial score (nSPS) is 10.8. The fourth-order valence-electron chi connectivity index (χ4n) is 1.05. The summed E-state index contributed by atoms with van der Waals surface area (Å²) >= 11 is 17.6. The van der Waals surface area contributed by atoms with E-state index in [1.807, 2.05) is 0 Å². The Bertz CT molecular complexity index is 427. The Morgan fingerprint density at radius 1 is 1.38 bits per heavy atom. The SMILES string of the molecule is CCOC(=O)C=Cc1cc(Cl)cc(Cl)c1Cl. The summed E-state index contributed by atoms with van der Waals surface area (Å²) < 4.78 is 4.73. The number of benzene rings is 1. The summed E-state index contributed by atoms with van der Waals surface area (Å²) in [5.41, 5.74) is 0.576. The van der Waals surface area contributed by atoms with Crippen molar-refractivity contribution in [3.05, 3.63) is 38.8 Å². The maximum Gasteiger partial charge on any atom is 0.330 e. The van der Waals surface area contributed by atoms with Crippen LogP contribution in [0, 0.1) is 0 Å². The Hall–Kier alpha value is -0.700. The van der Waals surface area contributed by atoms with Gasteiger partial charge >= 0.3 is 5.97 Å². The van der Waals surface area contributed by atoms with Gasteiger partial charge in [-0.05, 0) is 30.7 Å². The van der Waals surface area contributed by atoms with Crippen LogP contribution in [-0.4, -0.2) is 12.6 Å². The second kappa shape index (κ2) is 6.14. The summed E-state index contributed by atoms with van der Waals surface area (Å²) in [4.78, 5) is 11.1. The van der Waals surface area contributed by atoms with Gasteiger partial charge in [0.25, 0.3) is 0 Å². The van der Waals surface area contributed by atoms with Crippen LogP contribution in [-0.2, 0) is 9.53 Å². The van der Waals surface area contributed by atoms with E-state index in [-0.39, 0.29) is 0 Å². The fraction of sp³-hybridized carbons (Fsp3) is 0.182. The maximum absolute atomic E-state index is 11.1. The number of rotatable bonds is 3. The van der Waals surface area contributed by atoms with Crippen molar-refractivity contribution in [2.75, 3.05) is 6.61 Å². The number of carbonyl (C=O) groups excluding carboxylic acids is 1. The van der Waals surface area contributed by atoms with Crippen molar-refractivity contribution >= 4 is 46.8 Å². The van der Waals surface area contributed by atoms with Crippen LogP contribution < -0.4 is 0 Å². The number of ether oxygens (including phenoxy) is 1. The molecule has 0 heterocycles. The summed E-state index contributed by atoms with van der Waals surface area (Å²) in [6, 6.07) is 3.15. The van der Waals surface area contributed by atoms with Crippen LogP contribution in [0.4, 0.5) is 0 Å². The molecule has 0 aliphatic rings. The van der Waals surface area contributed by atoms with Crippen molar-refractivity contribution in [1.82, 2.24) is 0 Å². The summed E-state index contributed by atoms with van der Waals surface area (Å²) in [5, 5.41) is 1.15. The molecule has 5 heteroatoms. The first kappa shape index (κ1) is 13.4. The fourth-order valence-corrected chi connectivity index (χ4v) is 1.73. The number of hydrogen-bond acceptors (Lipinski definition) is 2. The Kier molecular flexibility index (Phi) is 5.13. The van der Waals surface area contributed by atoms with Gasteiger partial charge < -0.3 is 4.74 Å². The lowest BCUT2D eigenvalue weighted by molar-refractivity contribution is -0.137. The van der Waals surface area contributed by atoms with Crippen molar-refractivity contribution in [1.29, 1.82) is 0 Å². The van der Waals surface area contributed by atoms with Crippen molar-refractivity contribution in [2.24, 2.45) is 0 Å². The first-order valence-electron chi connectivity index (χ1n) is 4.54. The predicted molar refractivity (Wildman–Crippen MR) is 67.1 cm³/mol. The van der Waals surface area contributed by atoms with E-state index in [9.17, 15) is 4.79 Å². The smallest absolute Gasteiger partial charge is 0.330 e. The van der Waals surface area contributed by atoms with Gasteiger partial charge in [0.1, 0.15) is 0 Å². The van der Waals surface area contributed by atoms with Crippen LogP contribution in [0.1, 0.15) is 12.5 Å². The molecule has 1 rings (SSSR count). The van der Waals surface area contributed by atoms with E-state index in [0.717, 1.165) is 0 Å². The van der Waals surface area contributed by atoms with E-state index < -0.39 is 5.97 Å². The van der Waals surface area contributed by atoms with Gasteiger partial charge in [0.2, 0.25) is 0 Å². The Labute approximate surface area is 109 Å². The number of esters is 1. The minimum Gasteiger partial charge on any atom is -0.463 e. The minimum atomic E-state index is -0.435. The van der Waals surface area contributed by atoms with Crippen LogP contribution >= 0.6 is 34.8 Å². The van der Waals surface area contributed by atoms with Gasteiger partial charge in [0.05, 0.1) is 16.7 Å². The molecule has 0 amide bonds. The van der Waals surface area contributed by atoms with Crippen LogP contribution in [0.15, 0.2) is 18.2 Å². The third-order valence-corrected chi connectivity index (χ3v) is 2.74. The third-order valence-electron chi connectivity index (χ3n) is 1.71. The lowest BCUT2D eigenvalue weighted by atomic mass is 10.2. The largest absolute Gasteiger partial charge is 0.463 e. The molecule has 16 heavy (non-hydrogen) atoms. The van der Waals surface area contributed by atoms with Gasteiger partial charge in [-0.1, -0.05) is 34.8 Å². The standard InChI is InChI=1S/C11H9Cl3O2/c1-2-16-10(15)4-3-7-5-8(12)6-9(13)11(7)14/h3-6H,2H2,1H3. The molecule has 0 saturated carbocycles. The minimum absolute atomic E-state index is 0.327. The number of carbonyl (C=O) groups is 1. The summed E-state index contributed by atoms with van der Waals surface area (Å²) in [6.45, 7) is 2.06. The molecule has 0 bridgehead atoms. The van der Waals surface area contributed by atoms with Gasteiger partial charge in [-0.25, -0.2) is 4.79 Å². The molecule has 1 aromatic rings. The highest BCUT2D eigenvalue weighted by Crippen LogP contribution is 2.30. The van der Waals surface area contributed by atoms with Gasteiger partial charge in [-0.15, -0.1) is 0 Å². The molecule has 2 nitrogen and oxygen atoms in total. The topological polar surface area (TPSA) is 26.3 Å². The molecule has 0 saturated heterocycles. The van der Waals surface area contributed by atoms with Crippen molar-refractivity contribution in [3.63, 3.8) is 0 Å². The zero-order chi connectivity index (χ0) is 12.1. The second-order valence-electron chi connectivity index (χ2n) is 2.88. The molecule has 0 aliphatic heterocycles. The van der Waals surface area contributed by atoms with Gasteiger partial charge in [-0.3, -0.25) is 0 Å². The van der Waals surface area contributed by atoms with Gasteiger partial charge in [-0.2, -0.15) is 0 Å². The molecule has 0 radical (unpaired) electrons. The van der Waals surface area contributed by atoms with E-state index in [1.165, 1.54) is 18.2 Å². The van der Waals surface area contributed by atoms with Gasteiger partial charge in [0.15, 0.2) is 0 Å². The van der Waals surface area contributed by atoms with E-state index >= 15 is 0 Å². The molecule has 0 spiro atoms. The van der Waals surface area contributed by atoms with Crippen LogP contribution in [0.5, 0.6) is 0 Å². The molecule has 0 N–H and O–H groups in total. The molecule has 0 aliphatic carbocycles. The highest BCUT2D eigenvalue weighted by atomic mass is 35.5. The second-order valence-corrected chi connectivity index (χ2v) is 4.10. The van der Waals surface area contributed by atoms with Crippen molar-refractivity contribution in [2.45, 2.75) is 6.92 Å². The molecule has 0 aromatic heterocycles. The first-order chi connectivity index (χ1) is 7.54. The van der Waals surface area contributed by atoms with Gasteiger partial charge in [0, 0.05) is 11.1 Å². The van der Waals surface area contributed by atoms with E-state index in [2.05, 4.69) is 0 Å². The summed E-state index contributed by atoms with van der Waals surface area (Å²) in [5.74, 6) is -0.435. The highest BCUT2D eigenvalue weighted by Gasteiger charge is 2.05. The molecule has 0 fully saturated rings. The third kappa shape index (κ3) is 3.71. The quantitative estimate of drug-likeness (QED) is 0.470. The molecule has 0 atom stereocenters. The Balaban J connectivity index is 2.93. The average molecular weight is 280 g/mol. The highest BCUT2D eigenvalue weighted by molar-refractivity contribution is 6.44. The first-order valence-corrected chi connectivity index (χ1v) is 5.67. The molecule has 86 valence electrons. The van der Waals surface area contributed by atoms with E-state index in [1.54, 1.807) is 13.0 Å². The maximum atomic E-state index is 11.1. The molecule has 1 aromatic carbocycles. The van der Waals surface area contributed by atoms with E-state index in [4.69, 9.17) is 39.5 Å². The summed E-state index contributed by atoms with van der Waals surface area (Å²) in [7, 11) is 0. The molecular formula is C11H9Cl3O2. The number of hydrogen-bond donors (Lipinski definition) is 0. The van der Waals surface area contributed by atoms with Crippen LogP contribution in [0.3, 0.4) is 0 Å². The Morgan fingerprint density at radius 3 is 2.69 bits per heavy atom. The molecule has 0 unspecified atom stereocenters. The lowest BCUT2D eigenvalue weighted by Gasteiger charge is -2.02. The zero-order valence-electron chi connectivity index (χ0n) is 8.47. The lowest BCUT2D eigenvalue weighted by Crippen LogP contribution is -1.98. The van der Waals surface area contributed by atoms with Crippen LogP contribution in [0.2, 0.25) is 15.1 Å². The average Bonchev–Trinajstić information content (AvgIpc) is 2.21. The van der Waals surface area contributed by atoms with Crippen molar-refractivity contribution < 1.29 is 9.53 Å². The monoisotopic (exact) mass is 278 g/mol. The Morgan fingerprint density at radius 2 is 2.06 bits per heavy atom. The number of halogens is 3. The zero-order valence-corrected chi connectivity index (χ0v) is 10.7. The van der Waals surface area contributed by atoms with E-state index in [0.29, 0.717) is 27.2 Å². The van der Waals surface area contributed by atoms with Crippen molar-refractivity contribution in [3.8, 4) is 0 Å². The molecular weight excluding hydrogens is 270 g/mol. The predicted octanol–water partition coefficient (Wildman–Crippen LogP) is 4.22.